The van der Waals surface area contributed by atoms with Gasteiger partial charge >= 0.3 is 0 Å². The maximum absolute atomic E-state index is 12.3. The van der Waals surface area contributed by atoms with Gasteiger partial charge in [-0.1, -0.05) is 44.2 Å². The Morgan fingerprint density at radius 1 is 1.29 bits per heavy atom. The maximum atomic E-state index is 12.3. The minimum Gasteiger partial charge on any atom is -0.381 e. The van der Waals surface area contributed by atoms with Crippen molar-refractivity contribution < 1.29 is 8.42 Å². The molecule has 6 nitrogen and oxygen atoms in total. The Morgan fingerprint density at radius 3 is 2.43 bits per heavy atom. The first-order chi connectivity index (χ1) is 9.72. The molecule has 1 heterocycles. The zero-order valence-corrected chi connectivity index (χ0v) is 13.2. The average Bonchev–Trinajstić information content (AvgIpc) is 2.78. The molecule has 0 spiro atoms. The molecule has 1 aromatic heterocycles. The molecule has 0 aliphatic carbocycles. The number of rotatable bonds is 5. The highest BCUT2D eigenvalue weighted by Crippen LogP contribution is 2.23. The molecular weight excluding hydrogens is 288 g/mol. The van der Waals surface area contributed by atoms with Crippen LogP contribution in [0.3, 0.4) is 0 Å². The van der Waals surface area contributed by atoms with E-state index in [0.29, 0.717) is 0 Å². The average molecular weight is 308 g/mol. The summed E-state index contributed by atoms with van der Waals surface area (Å²) in [6.45, 7) is 4.24. The molecule has 21 heavy (non-hydrogen) atoms. The normalized spacial score (nSPS) is 12.5. The largest absolute Gasteiger partial charge is 0.381 e. The Morgan fingerprint density at radius 2 is 1.90 bits per heavy atom. The molecule has 114 valence electrons. The molecule has 7 heteroatoms. The molecule has 0 aliphatic rings. The van der Waals surface area contributed by atoms with Gasteiger partial charge in [-0.15, -0.1) is 0 Å². The number of hydrogen-bond acceptors (Lipinski definition) is 4. The van der Waals surface area contributed by atoms with Crippen molar-refractivity contribution in [3.05, 3.63) is 42.1 Å². The Kier molecular flexibility index (Phi) is 4.06. The van der Waals surface area contributed by atoms with E-state index in [4.69, 9.17) is 5.73 Å². The molecule has 0 fully saturated rings. The number of anilines is 1. The number of nitrogens with two attached hydrogens (primary N) is 1. The number of nitrogen functional groups attached to an aromatic ring is 1. The summed E-state index contributed by atoms with van der Waals surface area (Å²) in [5.41, 5.74) is 6.36. The van der Waals surface area contributed by atoms with E-state index in [1.54, 1.807) is 7.05 Å². The summed E-state index contributed by atoms with van der Waals surface area (Å²) in [5.74, 6) is 0.00233. The molecular formula is C14H20N4O2S. The van der Waals surface area contributed by atoms with Crippen LogP contribution >= 0.6 is 0 Å². The minimum absolute atomic E-state index is 0.00233. The first-order valence-corrected chi connectivity index (χ1v) is 8.05. The topological polar surface area (TPSA) is 90.0 Å². The van der Waals surface area contributed by atoms with Crippen molar-refractivity contribution >= 4 is 15.8 Å². The van der Waals surface area contributed by atoms with Gasteiger partial charge in [0.15, 0.2) is 5.82 Å². The lowest BCUT2D eigenvalue weighted by Crippen LogP contribution is -2.36. The number of aromatic nitrogens is 2. The van der Waals surface area contributed by atoms with Crippen molar-refractivity contribution in [2.24, 2.45) is 7.05 Å². The van der Waals surface area contributed by atoms with Crippen LogP contribution in [0.2, 0.25) is 0 Å². The van der Waals surface area contributed by atoms with E-state index in [2.05, 4.69) is 9.82 Å². The van der Waals surface area contributed by atoms with Crippen LogP contribution in [0, 0.1) is 0 Å². The van der Waals surface area contributed by atoms with Gasteiger partial charge < -0.3 is 5.73 Å². The van der Waals surface area contributed by atoms with Gasteiger partial charge in [0.25, 0.3) is 0 Å². The fourth-order valence-electron chi connectivity index (χ4n) is 2.04. The number of nitrogens with one attached hydrogen (secondary N) is 1. The highest BCUT2D eigenvalue weighted by Gasteiger charge is 2.26. The first-order valence-electron chi connectivity index (χ1n) is 6.57. The van der Waals surface area contributed by atoms with E-state index in [0.717, 1.165) is 5.56 Å². The van der Waals surface area contributed by atoms with E-state index in [9.17, 15) is 8.42 Å². The van der Waals surface area contributed by atoms with Gasteiger partial charge in [0.05, 0.1) is 0 Å². The second-order valence-electron chi connectivity index (χ2n) is 5.63. The van der Waals surface area contributed by atoms with Gasteiger partial charge in [-0.25, -0.2) is 13.1 Å². The van der Waals surface area contributed by atoms with E-state index in [-0.39, 0.29) is 22.7 Å². The van der Waals surface area contributed by atoms with E-state index < -0.39 is 10.0 Å². The second-order valence-corrected chi connectivity index (χ2v) is 7.36. The number of aryl methyl sites for hydroxylation is 1. The van der Waals surface area contributed by atoms with Gasteiger partial charge in [0, 0.05) is 25.2 Å². The molecule has 0 radical (unpaired) electrons. The van der Waals surface area contributed by atoms with Crippen LogP contribution in [0.1, 0.15) is 19.4 Å². The van der Waals surface area contributed by atoms with Gasteiger partial charge in [-0.05, 0) is 5.56 Å². The Balaban J connectivity index is 2.17. The SMILES string of the molecule is Cn1cc(S(=O)(=O)NCC(C)(C)c2ccccc2)c(N)n1. The summed E-state index contributed by atoms with van der Waals surface area (Å²) in [6, 6.07) is 9.76. The summed E-state index contributed by atoms with van der Waals surface area (Å²) in [4.78, 5) is 0.00821. The second kappa shape index (κ2) is 5.50. The predicted octanol–water partition coefficient (Wildman–Crippen LogP) is 1.26. The van der Waals surface area contributed by atoms with Crippen molar-refractivity contribution in [1.29, 1.82) is 0 Å². The van der Waals surface area contributed by atoms with Gasteiger partial charge in [0.2, 0.25) is 10.0 Å². The number of sulfonamides is 1. The lowest BCUT2D eigenvalue weighted by atomic mass is 9.85. The van der Waals surface area contributed by atoms with Crippen LogP contribution in [-0.4, -0.2) is 24.7 Å². The Bertz CT molecular complexity index is 721. The summed E-state index contributed by atoms with van der Waals surface area (Å²) in [5, 5.41) is 3.86. The summed E-state index contributed by atoms with van der Waals surface area (Å²) >= 11 is 0. The van der Waals surface area contributed by atoms with Crippen molar-refractivity contribution in [3.63, 3.8) is 0 Å². The maximum Gasteiger partial charge on any atom is 0.245 e. The number of hydrogen-bond donors (Lipinski definition) is 2. The molecule has 2 aromatic rings. The molecule has 2 rings (SSSR count). The van der Waals surface area contributed by atoms with Crippen LogP contribution in [0.5, 0.6) is 0 Å². The van der Waals surface area contributed by atoms with Gasteiger partial charge in [-0.2, -0.15) is 5.10 Å². The molecule has 0 amide bonds. The fraction of sp³-hybridized carbons (Fsp3) is 0.357. The van der Waals surface area contributed by atoms with Crippen LogP contribution in [0.15, 0.2) is 41.4 Å². The molecule has 1 aromatic carbocycles. The Hall–Kier alpha value is -1.86. The van der Waals surface area contributed by atoms with E-state index in [1.807, 2.05) is 44.2 Å². The molecule has 0 bridgehead atoms. The van der Waals surface area contributed by atoms with Crippen molar-refractivity contribution in [2.75, 3.05) is 12.3 Å². The fourth-order valence-corrected chi connectivity index (χ4v) is 3.35. The van der Waals surface area contributed by atoms with Crippen LogP contribution in [0.25, 0.3) is 0 Å². The standard InChI is InChI=1S/C14H20N4O2S/c1-14(2,11-7-5-4-6-8-11)10-16-21(19,20)12-9-18(3)17-13(12)15/h4-9,16H,10H2,1-3H3,(H2,15,17). The van der Waals surface area contributed by atoms with Crippen molar-refractivity contribution in [1.82, 2.24) is 14.5 Å². The summed E-state index contributed by atoms with van der Waals surface area (Å²) < 4.78 is 28.6. The first kappa shape index (κ1) is 15.5. The third-order valence-corrected chi connectivity index (χ3v) is 4.79. The zero-order chi connectivity index (χ0) is 15.7. The van der Waals surface area contributed by atoms with Crippen molar-refractivity contribution in [3.8, 4) is 0 Å². The highest BCUT2D eigenvalue weighted by atomic mass is 32.2. The predicted molar refractivity (Wildman–Crippen MR) is 82.3 cm³/mol. The van der Waals surface area contributed by atoms with Crippen LogP contribution in [-0.2, 0) is 22.5 Å². The number of nitrogens with zero attached hydrogens (tertiary/aromatic N) is 2. The summed E-state index contributed by atoms with van der Waals surface area (Å²) in [6.07, 6.45) is 1.40. The van der Waals surface area contributed by atoms with E-state index >= 15 is 0 Å². The summed E-state index contributed by atoms with van der Waals surface area (Å²) in [7, 11) is -2.04. The minimum atomic E-state index is -3.67. The van der Waals surface area contributed by atoms with Gasteiger partial charge in [-0.3, -0.25) is 4.68 Å². The van der Waals surface area contributed by atoms with Crippen LogP contribution in [0.4, 0.5) is 5.82 Å². The number of benzene rings is 1. The third kappa shape index (κ3) is 3.43. The molecule has 0 unspecified atom stereocenters. The monoisotopic (exact) mass is 308 g/mol. The van der Waals surface area contributed by atoms with E-state index in [1.165, 1.54) is 10.9 Å². The zero-order valence-electron chi connectivity index (χ0n) is 12.4. The lowest BCUT2D eigenvalue weighted by Gasteiger charge is -2.25. The van der Waals surface area contributed by atoms with Crippen LogP contribution < -0.4 is 10.5 Å². The van der Waals surface area contributed by atoms with Gasteiger partial charge in [0.1, 0.15) is 4.90 Å². The third-order valence-electron chi connectivity index (χ3n) is 3.37. The molecule has 0 saturated carbocycles. The quantitative estimate of drug-likeness (QED) is 0.870. The molecule has 0 saturated heterocycles. The molecule has 0 atom stereocenters. The lowest BCUT2D eigenvalue weighted by molar-refractivity contribution is 0.501. The Labute approximate surface area is 125 Å². The molecule has 3 N–H and O–H groups in total. The van der Waals surface area contributed by atoms with Crippen molar-refractivity contribution in [2.45, 2.75) is 24.2 Å². The highest BCUT2D eigenvalue weighted by molar-refractivity contribution is 7.89. The molecule has 0 aliphatic heterocycles. The smallest absolute Gasteiger partial charge is 0.245 e.